The number of methoxy groups -OCH3 is 1. The number of aliphatic imine (C=N–C) groups is 1. The van der Waals surface area contributed by atoms with Crippen LogP contribution in [0, 0.1) is 0 Å². The van der Waals surface area contributed by atoms with Crippen molar-refractivity contribution in [2.75, 3.05) is 58.3 Å². The van der Waals surface area contributed by atoms with Gasteiger partial charge in [0.15, 0.2) is 5.96 Å². The van der Waals surface area contributed by atoms with Gasteiger partial charge in [0.2, 0.25) is 0 Å². The van der Waals surface area contributed by atoms with Crippen LogP contribution in [-0.2, 0) is 0 Å². The zero-order chi connectivity index (χ0) is 18.3. The fourth-order valence-corrected chi connectivity index (χ4v) is 2.99. The normalized spacial score (nSPS) is 16.1. The molecule has 1 saturated heterocycles. The Morgan fingerprint density at radius 1 is 1.12 bits per heavy atom. The highest BCUT2D eigenvalue weighted by Gasteiger charge is 2.21. The van der Waals surface area contributed by atoms with E-state index in [1.807, 2.05) is 19.2 Å². The predicted octanol–water partition coefficient (Wildman–Crippen LogP) is 1.78. The third kappa shape index (κ3) is 5.81. The minimum absolute atomic E-state index is 0.144. The summed E-state index contributed by atoms with van der Waals surface area (Å²) in [5.74, 6) is 1.92. The van der Waals surface area contributed by atoms with E-state index in [0.717, 1.165) is 51.0 Å². The lowest BCUT2D eigenvalue weighted by Crippen LogP contribution is -2.53. The number of guanidine groups is 1. The molecule has 2 rings (SSSR count). The molecule has 1 aliphatic rings. The Bertz CT molecular complexity index is 559. The number of para-hydroxylation sites is 2. The smallest absolute Gasteiger partial charge is 0.193 e. The topological polar surface area (TPSA) is 52.1 Å². The van der Waals surface area contributed by atoms with Crippen LogP contribution < -0.4 is 20.3 Å². The fraction of sp³-hybridized carbons (Fsp3) is 0.632. The molecular formula is C19H33N5O. The predicted molar refractivity (Wildman–Crippen MR) is 106 cm³/mol. The molecule has 0 unspecified atom stereocenters. The summed E-state index contributed by atoms with van der Waals surface area (Å²) in [6, 6.07) is 8.22. The van der Waals surface area contributed by atoms with Gasteiger partial charge in [-0.05, 0) is 32.9 Å². The van der Waals surface area contributed by atoms with Crippen molar-refractivity contribution in [2.24, 2.45) is 4.99 Å². The molecule has 6 nitrogen and oxygen atoms in total. The lowest BCUT2D eigenvalue weighted by Gasteiger charge is -2.38. The van der Waals surface area contributed by atoms with Crippen LogP contribution in [0.25, 0.3) is 0 Å². The molecule has 1 aromatic rings. The molecule has 0 bridgehead atoms. The molecule has 2 N–H and O–H groups in total. The van der Waals surface area contributed by atoms with Crippen molar-refractivity contribution in [3.63, 3.8) is 0 Å². The Morgan fingerprint density at radius 3 is 2.40 bits per heavy atom. The Kier molecular flexibility index (Phi) is 6.93. The first kappa shape index (κ1) is 19.4. The molecule has 6 heteroatoms. The summed E-state index contributed by atoms with van der Waals surface area (Å²) in [6.07, 6.45) is 0. The van der Waals surface area contributed by atoms with E-state index in [9.17, 15) is 0 Å². The van der Waals surface area contributed by atoms with Gasteiger partial charge in [0.05, 0.1) is 12.8 Å². The number of benzene rings is 1. The number of hydrogen-bond acceptors (Lipinski definition) is 4. The second kappa shape index (κ2) is 8.94. The summed E-state index contributed by atoms with van der Waals surface area (Å²) in [6.45, 7) is 12.1. The third-order valence-electron chi connectivity index (χ3n) is 4.28. The fourth-order valence-electron chi connectivity index (χ4n) is 2.99. The maximum absolute atomic E-state index is 5.49. The first-order valence-electron chi connectivity index (χ1n) is 9.03. The summed E-state index contributed by atoms with van der Waals surface area (Å²) in [4.78, 5) is 9.14. The van der Waals surface area contributed by atoms with Crippen LogP contribution >= 0.6 is 0 Å². The van der Waals surface area contributed by atoms with Gasteiger partial charge in [-0.15, -0.1) is 0 Å². The quantitative estimate of drug-likeness (QED) is 0.483. The monoisotopic (exact) mass is 347 g/mol. The zero-order valence-corrected chi connectivity index (χ0v) is 16.3. The maximum atomic E-state index is 5.49. The Morgan fingerprint density at radius 2 is 1.80 bits per heavy atom. The van der Waals surface area contributed by atoms with Crippen molar-refractivity contribution < 1.29 is 4.74 Å². The SMILES string of the molecule is CN=C(NCCNC(C)(C)C)N1CCN(c2ccccc2OC)CC1. The van der Waals surface area contributed by atoms with Crippen molar-refractivity contribution in [1.82, 2.24) is 15.5 Å². The van der Waals surface area contributed by atoms with Gasteiger partial charge in [0.25, 0.3) is 0 Å². The molecule has 0 amide bonds. The number of anilines is 1. The molecule has 0 saturated carbocycles. The first-order valence-corrected chi connectivity index (χ1v) is 9.03. The zero-order valence-electron chi connectivity index (χ0n) is 16.3. The molecule has 0 aromatic heterocycles. The molecular weight excluding hydrogens is 314 g/mol. The van der Waals surface area contributed by atoms with Crippen LogP contribution in [0.15, 0.2) is 29.3 Å². The molecule has 1 aliphatic heterocycles. The highest BCUT2D eigenvalue weighted by atomic mass is 16.5. The largest absolute Gasteiger partial charge is 0.495 e. The summed E-state index contributed by atoms with van der Waals surface area (Å²) in [5, 5.41) is 6.95. The van der Waals surface area contributed by atoms with Crippen LogP contribution in [0.1, 0.15) is 20.8 Å². The molecule has 1 heterocycles. The van der Waals surface area contributed by atoms with Gasteiger partial charge < -0.3 is 25.2 Å². The average Bonchev–Trinajstić information content (AvgIpc) is 2.61. The summed E-state index contributed by atoms with van der Waals surface area (Å²) >= 11 is 0. The number of ether oxygens (including phenoxy) is 1. The van der Waals surface area contributed by atoms with Crippen molar-refractivity contribution in [1.29, 1.82) is 0 Å². The highest BCUT2D eigenvalue weighted by Crippen LogP contribution is 2.28. The van der Waals surface area contributed by atoms with Gasteiger partial charge in [-0.3, -0.25) is 4.99 Å². The molecule has 1 aromatic carbocycles. The lowest BCUT2D eigenvalue weighted by molar-refractivity contribution is 0.364. The third-order valence-corrected chi connectivity index (χ3v) is 4.28. The summed E-state index contributed by atoms with van der Waals surface area (Å²) in [7, 11) is 3.58. The van der Waals surface area contributed by atoms with Gasteiger partial charge in [-0.25, -0.2) is 0 Å². The molecule has 0 aliphatic carbocycles. The number of hydrogen-bond donors (Lipinski definition) is 2. The van der Waals surface area contributed by atoms with E-state index >= 15 is 0 Å². The van der Waals surface area contributed by atoms with Crippen molar-refractivity contribution >= 4 is 11.6 Å². The van der Waals surface area contributed by atoms with Crippen LogP contribution in [0.3, 0.4) is 0 Å². The second-order valence-corrected chi connectivity index (χ2v) is 7.30. The highest BCUT2D eigenvalue weighted by molar-refractivity contribution is 5.80. The number of nitrogens with zero attached hydrogens (tertiary/aromatic N) is 3. The van der Waals surface area contributed by atoms with E-state index in [-0.39, 0.29) is 5.54 Å². The number of piperazine rings is 1. The average molecular weight is 348 g/mol. The first-order chi connectivity index (χ1) is 11.9. The minimum Gasteiger partial charge on any atom is -0.495 e. The Labute approximate surface area is 152 Å². The Hall–Kier alpha value is -1.95. The molecule has 0 spiro atoms. The van der Waals surface area contributed by atoms with E-state index in [2.05, 4.69) is 58.3 Å². The van der Waals surface area contributed by atoms with Crippen molar-refractivity contribution in [2.45, 2.75) is 26.3 Å². The van der Waals surface area contributed by atoms with Gasteiger partial charge in [0, 0.05) is 51.9 Å². The van der Waals surface area contributed by atoms with E-state index in [1.54, 1.807) is 7.11 Å². The molecule has 25 heavy (non-hydrogen) atoms. The van der Waals surface area contributed by atoms with Gasteiger partial charge in [0.1, 0.15) is 5.75 Å². The molecule has 0 radical (unpaired) electrons. The van der Waals surface area contributed by atoms with Gasteiger partial charge >= 0.3 is 0 Å². The molecule has 1 fully saturated rings. The van der Waals surface area contributed by atoms with E-state index < -0.39 is 0 Å². The van der Waals surface area contributed by atoms with E-state index in [4.69, 9.17) is 4.74 Å². The van der Waals surface area contributed by atoms with E-state index in [0.29, 0.717) is 0 Å². The minimum atomic E-state index is 0.144. The van der Waals surface area contributed by atoms with Crippen LogP contribution in [0.4, 0.5) is 5.69 Å². The number of rotatable bonds is 5. The molecule has 0 atom stereocenters. The summed E-state index contributed by atoms with van der Waals surface area (Å²) in [5.41, 5.74) is 1.31. The maximum Gasteiger partial charge on any atom is 0.193 e. The van der Waals surface area contributed by atoms with Crippen molar-refractivity contribution in [3.8, 4) is 5.75 Å². The molecule has 140 valence electrons. The van der Waals surface area contributed by atoms with Gasteiger partial charge in [-0.2, -0.15) is 0 Å². The van der Waals surface area contributed by atoms with Crippen LogP contribution in [0.2, 0.25) is 0 Å². The van der Waals surface area contributed by atoms with Gasteiger partial charge in [-0.1, -0.05) is 12.1 Å². The van der Waals surface area contributed by atoms with E-state index in [1.165, 1.54) is 5.69 Å². The van der Waals surface area contributed by atoms with Crippen molar-refractivity contribution in [3.05, 3.63) is 24.3 Å². The van der Waals surface area contributed by atoms with Crippen LogP contribution in [-0.4, -0.2) is 69.8 Å². The lowest BCUT2D eigenvalue weighted by atomic mass is 10.1. The number of nitrogens with one attached hydrogen (secondary N) is 2. The van der Waals surface area contributed by atoms with Crippen LogP contribution in [0.5, 0.6) is 5.75 Å². The summed E-state index contributed by atoms with van der Waals surface area (Å²) < 4.78 is 5.49. The standard InChI is InChI=1S/C19H33N5O/c1-19(2,3)22-11-10-21-18(20-4)24-14-12-23(13-15-24)16-8-6-7-9-17(16)25-5/h6-9,22H,10-15H2,1-5H3,(H,20,21). The Balaban J connectivity index is 1.83. The second-order valence-electron chi connectivity index (χ2n) is 7.30.